The van der Waals surface area contributed by atoms with Gasteiger partial charge in [-0.3, -0.25) is 0 Å². The van der Waals surface area contributed by atoms with Gasteiger partial charge in [-0.2, -0.15) is 0 Å². The first-order chi connectivity index (χ1) is 7.58. The second-order valence-corrected chi connectivity index (χ2v) is 4.40. The topological polar surface area (TPSA) is 105 Å². The molecule has 2 rings (SSSR count). The molecule has 2 aliphatic rings. The van der Waals surface area contributed by atoms with Crippen molar-refractivity contribution in [1.29, 1.82) is 0 Å². The van der Waals surface area contributed by atoms with Crippen LogP contribution in [0, 0.1) is 0 Å². The summed E-state index contributed by atoms with van der Waals surface area (Å²) in [7, 11) is 0. The fourth-order valence-corrected chi connectivity index (χ4v) is 1.79. The molecule has 0 bridgehead atoms. The molecule has 2 heterocycles. The molecule has 112 valence electrons. The Bertz CT molecular complexity index is 167. The summed E-state index contributed by atoms with van der Waals surface area (Å²) in [6, 6.07) is 0. The second kappa shape index (κ2) is 11.2. The van der Waals surface area contributed by atoms with Crippen LogP contribution in [0.15, 0.2) is 0 Å². The molecule has 0 aromatic carbocycles. The van der Waals surface area contributed by atoms with Crippen LogP contribution >= 0.6 is 24.8 Å². The van der Waals surface area contributed by atoms with Crippen LogP contribution in [0.3, 0.4) is 0 Å². The van der Waals surface area contributed by atoms with Gasteiger partial charge in [0.15, 0.2) is 0 Å². The Morgan fingerprint density at radius 3 is 0.889 bits per heavy atom. The van der Waals surface area contributed by atoms with E-state index in [9.17, 15) is 0 Å². The van der Waals surface area contributed by atoms with Gasteiger partial charge in [-0.25, -0.2) is 0 Å². The summed E-state index contributed by atoms with van der Waals surface area (Å²) in [4.78, 5) is 0. The van der Waals surface area contributed by atoms with E-state index in [-0.39, 0.29) is 49.2 Å². The van der Waals surface area contributed by atoms with Crippen molar-refractivity contribution in [3.8, 4) is 0 Å². The summed E-state index contributed by atoms with van der Waals surface area (Å²) in [6.07, 6.45) is -0.352. The summed E-state index contributed by atoms with van der Waals surface area (Å²) >= 11 is 0. The van der Waals surface area contributed by atoms with E-state index in [1.54, 1.807) is 0 Å². The molecule has 0 unspecified atom stereocenters. The van der Waals surface area contributed by atoms with E-state index in [0.29, 0.717) is 39.0 Å². The Morgan fingerprint density at radius 2 is 0.778 bits per heavy atom. The van der Waals surface area contributed by atoms with Gasteiger partial charge in [0.25, 0.3) is 0 Å². The molecular weight excluding hydrogens is 283 g/mol. The van der Waals surface area contributed by atoms with Gasteiger partial charge in [0.05, 0.1) is 24.4 Å². The van der Waals surface area contributed by atoms with Crippen LogP contribution in [0.5, 0.6) is 0 Å². The standard InChI is InChI=1S/2C5H11NO2.2ClH/c2*7-4-1-5(8)3-6-2-4;;/h2*4-8H,1-3H2;2*1H/t2*4-,5-;;/m10../s1. The molecule has 0 aromatic rings. The highest BCUT2D eigenvalue weighted by molar-refractivity contribution is 5.85. The number of hydrogen-bond donors (Lipinski definition) is 6. The fraction of sp³-hybridized carbons (Fsp3) is 1.00. The second-order valence-electron chi connectivity index (χ2n) is 4.40. The zero-order valence-corrected chi connectivity index (χ0v) is 11.8. The average molecular weight is 307 g/mol. The van der Waals surface area contributed by atoms with Gasteiger partial charge in [-0.1, -0.05) is 0 Å². The molecule has 6 nitrogen and oxygen atoms in total. The molecule has 4 atom stereocenters. The maximum Gasteiger partial charge on any atom is 0.0689 e. The third kappa shape index (κ3) is 9.29. The summed E-state index contributed by atoms with van der Waals surface area (Å²) in [5, 5.41) is 41.2. The van der Waals surface area contributed by atoms with Crippen molar-refractivity contribution in [2.45, 2.75) is 37.3 Å². The third-order valence-electron chi connectivity index (χ3n) is 2.61. The lowest BCUT2D eigenvalue weighted by Gasteiger charge is -2.22. The van der Waals surface area contributed by atoms with E-state index in [2.05, 4.69) is 10.6 Å². The monoisotopic (exact) mass is 306 g/mol. The van der Waals surface area contributed by atoms with Crippen LogP contribution in [0.2, 0.25) is 0 Å². The van der Waals surface area contributed by atoms with E-state index in [0.717, 1.165) is 0 Å². The van der Waals surface area contributed by atoms with Gasteiger partial charge in [0, 0.05) is 39.0 Å². The predicted molar refractivity (Wildman–Crippen MR) is 73.5 cm³/mol. The molecule has 0 radical (unpaired) electrons. The fourth-order valence-electron chi connectivity index (χ4n) is 1.79. The SMILES string of the molecule is Cl.Cl.O[C@@H]1CNC[C@@H](O)C1.O[C@H]1CNC[C@H](O)C1. The molecule has 6 N–H and O–H groups in total. The van der Waals surface area contributed by atoms with Gasteiger partial charge >= 0.3 is 0 Å². The lowest BCUT2D eigenvalue weighted by Crippen LogP contribution is -2.42. The minimum Gasteiger partial charge on any atom is -0.392 e. The highest BCUT2D eigenvalue weighted by Gasteiger charge is 2.16. The maximum absolute atomic E-state index is 8.86. The molecule has 18 heavy (non-hydrogen) atoms. The Hall–Kier alpha value is 0.340. The number of aliphatic hydroxyl groups excluding tert-OH is 4. The lowest BCUT2D eigenvalue weighted by molar-refractivity contribution is 0.0523. The highest BCUT2D eigenvalue weighted by atomic mass is 35.5. The van der Waals surface area contributed by atoms with Gasteiger partial charge in [-0.15, -0.1) is 24.8 Å². The van der Waals surface area contributed by atoms with Gasteiger partial charge in [0.1, 0.15) is 0 Å². The van der Waals surface area contributed by atoms with E-state index in [1.807, 2.05) is 0 Å². The zero-order valence-electron chi connectivity index (χ0n) is 10.2. The Kier molecular flexibility index (Phi) is 12.8. The number of β-amino-alcohol motifs (C(OH)–C–C–N with tert-alkyl or cyclic N) is 4. The Morgan fingerprint density at radius 1 is 0.556 bits per heavy atom. The normalized spacial score (nSPS) is 35.3. The summed E-state index contributed by atoms with van der Waals surface area (Å²) < 4.78 is 0. The van der Waals surface area contributed by atoms with Crippen LogP contribution in [0.4, 0.5) is 0 Å². The van der Waals surface area contributed by atoms with E-state index < -0.39 is 0 Å². The number of hydrogen-bond acceptors (Lipinski definition) is 6. The first kappa shape index (κ1) is 20.7. The van der Waals surface area contributed by atoms with Crippen molar-refractivity contribution in [2.75, 3.05) is 26.2 Å². The molecule has 2 aliphatic heterocycles. The first-order valence-electron chi connectivity index (χ1n) is 5.71. The quantitative estimate of drug-likeness (QED) is 0.317. The van der Waals surface area contributed by atoms with Crippen molar-refractivity contribution in [1.82, 2.24) is 10.6 Å². The zero-order chi connectivity index (χ0) is 12.0. The largest absolute Gasteiger partial charge is 0.392 e. The predicted octanol–water partition coefficient (Wildman–Crippen LogP) is -1.75. The van der Waals surface area contributed by atoms with Crippen molar-refractivity contribution >= 4 is 24.8 Å². The smallest absolute Gasteiger partial charge is 0.0689 e. The van der Waals surface area contributed by atoms with Crippen LogP contribution in [-0.2, 0) is 0 Å². The molecule has 0 spiro atoms. The molecule has 0 saturated carbocycles. The number of rotatable bonds is 0. The first-order valence-corrected chi connectivity index (χ1v) is 5.71. The van der Waals surface area contributed by atoms with E-state index in [1.165, 1.54) is 0 Å². The van der Waals surface area contributed by atoms with Crippen molar-refractivity contribution in [3.63, 3.8) is 0 Å². The van der Waals surface area contributed by atoms with Gasteiger partial charge in [-0.05, 0) is 0 Å². The van der Waals surface area contributed by atoms with Crippen molar-refractivity contribution in [3.05, 3.63) is 0 Å². The molecule has 0 aromatic heterocycles. The van der Waals surface area contributed by atoms with Crippen molar-refractivity contribution < 1.29 is 20.4 Å². The third-order valence-corrected chi connectivity index (χ3v) is 2.61. The summed E-state index contributed by atoms with van der Waals surface area (Å²) in [5.74, 6) is 0. The highest BCUT2D eigenvalue weighted by Crippen LogP contribution is 2.01. The van der Waals surface area contributed by atoms with Gasteiger partial charge < -0.3 is 31.1 Å². The Balaban J connectivity index is 0. The minimum atomic E-state index is -0.348. The number of aliphatic hydroxyl groups is 4. The summed E-state index contributed by atoms with van der Waals surface area (Å²) in [5.41, 5.74) is 0. The van der Waals surface area contributed by atoms with Crippen LogP contribution in [-0.4, -0.2) is 71.0 Å². The molecule has 8 heteroatoms. The van der Waals surface area contributed by atoms with Crippen molar-refractivity contribution in [2.24, 2.45) is 0 Å². The van der Waals surface area contributed by atoms with Gasteiger partial charge in [0.2, 0.25) is 0 Å². The molecular formula is C10H24Cl2N2O4. The number of halogens is 2. The van der Waals surface area contributed by atoms with E-state index in [4.69, 9.17) is 20.4 Å². The van der Waals surface area contributed by atoms with E-state index >= 15 is 0 Å². The van der Waals surface area contributed by atoms with Crippen LogP contribution in [0.1, 0.15) is 12.8 Å². The Labute approximate surface area is 120 Å². The number of nitrogens with one attached hydrogen (secondary N) is 2. The minimum absolute atomic E-state index is 0. The summed E-state index contributed by atoms with van der Waals surface area (Å²) in [6.45, 7) is 2.49. The molecule has 0 amide bonds. The van der Waals surface area contributed by atoms with Crippen LogP contribution < -0.4 is 10.6 Å². The lowest BCUT2D eigenvalue weighted by atomic mass is 10.1. The number of piperidine rings is 2. The molecule has 0 aliphatic carbocycles. The van der Waals surface area contributed by atoms with Crippen LogP contribution in [0.25, 0.3) is 0 Å². The molecule has 2 saturated heterocycles. The maximum atomic E-state index is 8.86. The molecule has 2 fully saturated rings. The average Bonchev–Trinajstić information content (AvgIpc) is 2.17.